The van der Waals surface area contributed by atoms with Crippen LogP contribution in [0.15, 0.2) is 24.3 Å². The fraction of sp³-hybridized carbons (Fsp3) is 0.619. The van der Waals surface area contributed by atoms with Gasteiger partial charge in [-0.2, -0.15) is 0 Å². The fourth-order valence-corrected chi connectivity index (χ4v) is 3.82. The molecule has 0 bridgehead atoms. The number of nitrogen functional groups attached to an aromatic ring is 1. The Kier molecular flexibility index (Phi) is 10.0. The molecule has 1 fully saturated rings. The minimum atomic E-state index is -0.879. The molecule has 9 nitrogen and oxygen atoms in total. The zero-order valence-corrected chi connectivity index (χ0v) is 17.8. The second-order valence-corrected chi connectivity index (χ2v) is 7.78. The van der Waals surface area contributed by atoms with Crippen LogP contribution >= 0.6 is 0 Å². The van der Waals surface area contributed by atoms with Crippen LogP contribution in [0, 0.1) is 0 Å². The normalized spacial score (nSPS) is 20.9. The third kappa shape index (κ3) is 8.66. The Balaban J connectivity index is 2.27. The summed E-state index contributed by atoms with van der Waals surface area (Å²) in [6, 6.07) is 7.45. The van der Waals surface area contributed by atoms with Gasteiger partial charge in [0.05, 0.1) is 13.1 Å². The third-order valence-corrected chi connectivity index (χ3v) is 5.49. The number of aliphatic carboxylic acids is 2. The number of carboxylic acid groups (broad SMARTS) is 2. The van der Waals surface area contributed by atoms with E-state index in [1.807, 2.05) is 34.1 Å². The van der Waals surface area contributed by atoms with Gasteiger partial charge in [0, 0.05) is 57.5 Å². The van der Waals surface area contributed by atoms with Gasteiger partial charge in [-0.1, -0.05) is 19.1 Å². The van der Waals surface area contributed by atoms with Crippen molar-refractivity contribution in [1.82, 2.24) is 20.0 Å². The number of carboxylic acids is 2. The van der Waals surface area contributed by atoms with E-state index < -0.39 is 11.9 Å². The molecule has 0 amide bonds. The fourth-order valence-electron chi connectivity index (χ4n) is 3.82. The van der Waals surface area contributed by atoms with Crippen LogP contribution in [0.1, 0.15) is 12.5 Å². The summed E-state index contributed by atoms with van der Waals surface area (Å²) in [6.07, 6.45) is 0.628. The van der Waals surface area contributed by atoms with Crippen LogP contribution in [0.25, 0.3) is 0 Å². The molecule has 1 unspecified atom stereocenters. The van der Waals surface area contributed by atoms with Gasteiger partial charge in [-0.25, -0.2) is 0 Å². The van der Waals surface area contributed by atoms with Gasteiger partial charge in [0.15, 0.2) is 0 Å². The summed E-state index contributed by atoms with van der Waals surface area (Å²) in [7, 11) is 0. The van der Waals surface area contributed by atoms with Crippen LogP contribution in [0.5, 0.6) is 0 Å². The van der Waals surface area contributed by atoms with Crippen LogP contribution in [-0.2, 0) is 16.0 Å². The predicted molar refractivity (Wildman–Crippen MR) is 117 cm³/mol. The standard InChI is InChI=1S/C21H35N5O4/c1-2-24-9-7-23-8-10-25(15-20(27)28)14-19(26(12-11-24)16-21(29)30)13-17-3-5-18(22)6-4-17/h3-6,19,23H,2,7-16,22H2,1H3,(H,27,28)(H,29,30). The maximum absolute atomic E-state index is 11.6. The Hall–Kier alpha value is -2.20. The molecule has 1 aliphatic rings. The second kappa shape index (κ2) is 12.5. The molecule has 1 aromatic carbocycles. The zero-order chi connectivity index (χ0) is 21.9. The summed E-state index contributed by atoms with van der Waals surface area (Å²) in [6.45, 7) is 7.71. The van der Waals surface area contributed by atoms with E-state index in [0.717, 1.165) is 31.7 Å². The highest BCUT2D eigenvalue weighted by molar-refractivity contribution is 5.69. The molecule has 5 N–H and O–H groups in total. The zero-order valence-electron chi connectivity index (χ0n) is 17.8. The molecule has 0 aromatic heterocycles. The van der Waals surface area contributed by atoms with Crippen LogP contribution in [0.4, 0.5) is 5.69 Å². The van der Waals surface area contributed by atoms with E-state index in [1.165, 1.54) is 0 Å². The maximum atomic E-state index is 11.6. The highest BCUT2D eigenvalue weighted by Gasteiger charge is 2.25. The van der Waals surface area contributed by atoms with E-state index in [2.05, 4.69) is 17.1 Å². The quantitative estimate of drug-likeness (QED) is 0.446. The first-order chi connectivity index (χ1) is 14.4. The van der Waals surface area contributed by atoms with Crippen molar-refractivity contribution in [2.75, 3.05) is 71.2 Å². The van der Waals surface area contributed by atoms with Gasteiger partial charge in [0.1, 0.15) is 0 Å². The lowest BCUT2D eigenvalue weighted by atomic mass is 10.0. The lowest BCUT2D eigenvalue weighted by Crippen LogP contribution is -2.52. The van der Waals surface area contributed by atoms with Crippen molar-refractivity contribution >= 4 is 17.6 Å². The topological polar surface area (TPSA) is 122 Å². The SMILES string of the molecule is CCN1CCNCCN(CC(=O)O)CC(Cc2ccc(N)cc2)N(CC(=O)O)CC1. The molecule has 0 saturated carbocycles. The van der Waals surface area contributed by atoms with E-state index in [1.54, 1.807) is 0 Å². The molecule has 9 heteroatoms. The van der Waals surface area contributed by atoms with E-state index in [4.69, 9.17) is 5.73 Å². The van der Waals surface area contributed by atoms with Crippen molar-refractivity contribution in [3.63, 3.8) is 0 Å². The molecular weight excluding hydrogens is 386 g/mol. The molecule has 30 heavy (non-hydrogen) atoms. The van der Waals surface area contributed by atoms with Crippen LogP contribution in [-0.4, -0.2) is 108 Å². The van der Waals surface area contributed by atoms with Gasteiger partial charge in [-0.15, -0.1) is 0 Å². The van der Waals surface area contributed by atoms with Gasteiger partial charge in [-0.3, -0.25) is 19.4 Å². The summed E-state index contributed by atoms with van der Waals surface area (Å²) < 4.78 is 0. The number of nitrogens with zero attached hydrogens (tertiary/aromatic N) is 3. The number of benzene rings is 1. The van der Waals surface area contributed by atoms with Gasteiger partial charge in [-0.05, 0) is 30.7 Å². The summed E-state index contributed by atoms with van der Waals surface area (Å²) in [4.78, 5) is 29.2. The molecule has 1 heterocycles. The molecule has 1 aliphatic heterocycles. The van der Waals surface area contributed by atoms with Crippen molar-refractivity contribution in [2.24, 2.45) is 0 Å². The van der Waals surface area contributed by atoms with Gasteiger partial charge in [0.2, 0.25) is 0 Å². The Morgan fingerprint density at radius 1 is 1.00 bits per heavy atom. The average Bonchev–Trinajstić information content (AvgIpc) is 2.68. The number of hydrogen-bond acceptors (Lipinski definition) is 7. The second-order valence-electron chi connectivity index (χ2n) is 7.78. The molecule has 168 valence electrons. The first-order valence-corrected chi connectivity index (χ1v) is 10.5. The third-order valence-electron chi connectivity index (χ3n) is 5.49. The van der Waals surface area contributed by atoms with Gasteiger partial charge < -0.3 is 26.2 Å². The maximum Gasteiger partial charge on any atom is 0.317 e. The van der Waals surface area contributed by atoms with E-state index >= 15 is 0 Å². The highest BCUT2D eigenvalue weighted by Crippen LogP contribution is 2.14. The number of anilines is 1. The van der Waals surface area contributed by atoms with Crippen molar-refractivity contribution in [3.05, 3.63) is 29.8 Å². The minimum absolute atomic E-state index is 0.0675. The molecule has 1 saturated heterocycles. The first-order valence-electron chi connectivity index (χ1n) is 10.5. The molecule has 0 radical (unpaired) electrons. The van der Waals surface area contributed by atoms with Crippen molar-refractivity contribution in [1.29, 1.82) is 0 Å². The van der Waals surface area contributed by atoms with Crippen molar-refractivity contribution in [2.45, 2.75) is 19.4 Å². The largest absolute Gasteiger partial charge is 0.480 e. The van der Waals surface area contributed by atoms with Crippen molar-refractivity contribution < 1.29 is 19.8 Å². The molecular formula is C21H35N5O4. The number of rotatable bonds is 7. The Morgan fingerprint density at radius 3 is 2.23 bits per heavy atom. The van der Waals surface area contributed by atoms with Gasteiger partial charge in [0.25, 0.3) is 0 Å². The van der Waals surface area contributed by atoms with E-state index in [-0.39, 0.29) is 19.1 Å². The number of likely N-dealkylation sites (N-methyl/N-ethyl adjacent to an activating group) is 1. The van der Waals surface area contributed by atoms with E-state index in [0.29, 0.717) is 38.3 Å². The number of nitrogens with one attached hydrogen (secondary N) is 1. The summed E-state index contributed by atoms with van der Waals surface area (Å²) >= 11 is 0. The van der Waals surface area contributed by atoms with E-state index in [9.17, 15) is 19.8 Å². The van der Waals surface area contributed by atoms with Crippen LogP contribution in [0.2, 0.25) is 0 Å². The molecule has 1 atom stereocenters. The molecule has 2 rings (SSSR count). The monoisotopic (exact) mass is 421 g/mol. The summed E-state index contributed by atoms with van der Waals surface area (Å²) in [5, 5.41) is 22.3. The predicted octanol–water partition coefficient (Wildman–Crippen LogP) is -0.122. The van der Waals surface area contributed by atoms with Crippen molar-refractivity contribution in [3.8, 4) is 0 Å². The Labute approximate surface area is 178 Å². The first kappa shape index (κ1) is 24.1. The number of carbonyl (C=O) groups is 2. The highest BCUT2D eigenvalue weighted by atomic mass is 16.4. The van der Waals surface area contributed by atoms with Crippen LogP contribution in [0.3, 0.4) is 0 Å². The minimum Gasteiger partial charge on any atom is -0.480 e. The molecule has 0 spiro atoms. The number of hydrogen-bond donors (Lipinski definition) is 4. The number of nitrogens with two attached hydrogens (primary N) is 1. The van der Waals surface area contributed by atoms with Crippen LogP contribution < -0.4 is 11.1 Å². The van der Waals surface area contributed by atoms with Gasteiger partial charge >= 0.3 is 11.9 Å². The summed E-state index contributed by atoms with van der Waals surface area (Å²) in [5.41, 5.74) is 7.53. The summed E-state index contributed by atoms with van der Waals surface area (Å²) in [5.74, 6) is -1.76. The smallest absolute Gasteiger partial charge is 0.317 e. The average molecular weight is 422 g/mol. The lowest BCUT2D eigenvalue weighted by Gasteiger charge is -2.36. The molecule has 1 aromatic rings. The Bertz CT molecular complexity index is 670. The molecule has 0 aliphatic carbocycles. The Morgan fingerprint density at radius 2 is 1.63 bits per heavy atom. The lowest BCUT2D eigenvalue weighted by molar-refractivity contribution is -0.141.